The summed E-state index contributed by atoms with van der Waals surface area (Å²) in [5.74, 6) is 0.626. The molecule has 0 unspecified atom stereocenters. The van der Waals surface area contributed by atoms with E-state index in [9.17, 15) is 5.26 Å². The van der Waals surface area contributed by atoms with Gasteiger partial charge in [0.25, 0.3) is 0 Å². The molecule has 0 radical (unpaired) electrons. The van der Waals surface area contributed by atoms with Gasteiger partial charge in [-0.1, -0.05) is 121 Å². The smallest absolute Gasteiger partial charge is 0.161 e. The third kappa shape index (κ3) is 4.64. The Bertz CT molecular complexity index is 2270. The van der Waals surface area contributed by atoms with E-state index < -0.39 is 0 Å². The molecule has 4 heteroatoms. The summed E-state index contributed by atoms with van der Waals surface area (Å²) in [5, 5.41) is 12.4. The SMILES string of the molecule is N#Cc1ccc(-n2c3ccccc3c3ccccc32)c(-c2ccccc2-c2nc(-c3ccccc3)cc(-c3ccccc3)n2)c1. The molecule has 6 aromatic carbocycles. The van der Waals surface area contributed by atoms with Crippen LogP contribution in [0.4, 0.5) is 0 Å². The fourth-order valence-corrected chi connectivity index (χ4v) is 6.19. The molecule has 0 aliphatic rings. The minimum Gasteiger partial charge on any atom is -0.309 e. The fourth-order valence-electron chi connectivity index (χ4n) is 6.19. The molecule has 0 atom stereocenters. The van der Waals surface area contributed by atoms with Crippen molar-refractivity contribution in [2.75, 3.05) is 0 Å². The zero-order valence-electron chi connectivity index (χ0n) is 24.3. The van der Waals surface area contributed by atoms with Crippen LogP contribution < -0.4 is 0 Å². The van der Waals surface area contributed by atoms with Crippen molar-refractivity contribution in [1.82, 2.24) is 14.5 Å². The van der Waals surface area contributed by atoms with Gasteiger partial charge in [0.15, 0.2) is 5.82 Å². The summed E-state index contributed by atoms with van der Waals surface area (Å²) < 4.78 is 2.30. The van der Waals surface area contributed by atoms with E-state index in [4.69, 9.17) is 9.97 Å². The molecule has 0 aliphatic carbocycles. The van der Waals surface area contributed by atoms with Crippen molar-refractivity contribution in [2.45, 2.75) is 0 Å². The third-order valence-electron chi connectivity index (χ3n) is 8.27. The Labute approximate surface area is 261 Å². The quantitative estimate of drug-likeness (QED) is 0.205. The second kappa shape index (κ2) is 11.1. The number of nitriles is 1. The lowest BCUT2D eigenvalue weighted by molar-refractivity contribution is 1.17. The molecule has 0 saturated heterocycles. The van der Waals surface area contributed by atoms with Crippen LogP contribution in [0, 0.1) is 11.3 Å². The molecule has 0 N–H and O–H groups in total. The van der Waals surface area contributed by atoms with Gasteiger partial charge in [-0.05, 0) is 42.0 Å². The highest BCUT2D eigenvalue weighted by Gasteiger charge is 2.20. The van der Waals surface area contributed by atoms with Crippen molar-refractivity contribution >= 4 is 21.8 Å². The van der Waals surface area contributed by atoms with Crippen LogP contribution in [-0.4, -0.2) is 14.5 Å². The van der Waals surface area contributed by atoms with E-state index in [1.807, 2.05) is 60.7 Å². The zero-order valence-corrected chi connectivity index (χ0v) is 24.3. The molecular formula is C41H26N4. The van der Waals surface area contributed by atoms with Crippen molar-refractivity contribution in [2.24, 2.45) is 0 Å². The maximum absolute atomic E-state index is 10.0. The number of rotatable bonds is 5. The Hall–Kier alpha value is -6.31. The summed E-state index contributed by atoms with van der Waals surface area (Å²) in [5.41, 5.74) is 10.3. The molecule has 8 aromatic rings. The number of fused-ring (bicyclic) bond motifs is 3. The summed E-state index contributed by atoms with van der Waals surface area (Å²) in [4.78, 5) is 10.3. The molecule has 0 amide bonds. The van der Waals surface area contributed by atoms with E-state index in [2.05, 4.69) is 108 Å². The van der Waals surface area contributed by atoms with Crippen LogP contribution in [0.15, 0.2) is 158 Å². The first kappa shape index (κ1) is 26.3. The van der Waals surface area contributed by atoms with Crippen LogP contribution in [-0.2, 0) is 0 Å². The maximum atomic E-state index is 10.0. The molecule has 0 spiro atoms. The van der Waals surface area contributed by atoms with Crippen LogP contribution in [0.2, 0.25) is 0 Å². The van der Waals surface area contributed by atoms with Gasteiger partial charge in [0, 0.05) is 33.0 Å². The first-order valence-corrected chi connectivity index (χ1v) is 14.9. The lowest BCUT2D eigenvalue weighted by Crippen LogP contribution is -2.01. The summed E-state index contributed by atoms with van der Waals surface area (Å²) in [6.07, 6.45) is 0. The van der Waals surface area contributed by atoms with Crippen LogP contribution in [0.5, 0.6) is 0 Å². The highest BCUT2D eigenvalue weighted by atomic mass is 15.0. The molecule has 4 nitrogen and oxygen atoms in total. The largest absolute Gasteiger partial charge is 0.309 e. The van der Waals surface area contributed by atoms with Crippen molar-refractivity contribution in [3.05, 3.63) is 163 Å². The van der Waals surface area contributed by atoms with Gasteiger partial charge in [-0.3, -0.25) is 0 Å². The Kier molecular flexibility index (Phi) is 6.48. The van der Waals surface area contributed by atoms with Crippen LogP contribution >= 0.6 is 0 Å². The van der Waals surface area contributed by atoms with Crippen molar-refractivity contribution < 1.29 is 0 Å². The van der Waals surface area contributed by atoms with Gasteiger partial charge in [-0.25, -0.2) is 9.97 Å². The predicted octanol–water partition coefficient (Wildman–Crippen LogP) is 10.1. The molecule has 0 fully saturated rings. The van der Waals surface area contributed by atoms with E-state index in [0.717, 1.165) is 55.9 Å². The second-order valence-corrected chi connectivity index (χ2v) is 11.0. The minimum absolute atomic E-state index is 0.591. The highest BCUT2D eigenvalue weighted by molar-refractivity contribution is 6.10. The van der Waals surface area contributed by atoms with Gasteiger partial charge in [0.1, 0.15) is 0 Å². The Morgan fingerprint density at radius 2 is 0.978 bits per heavy atom. The maximum Gasteiger partial charge on any atom is 0.161 e. The van der Waals surface area contributed by atoms with Crippen molar-refractivity contribution in [1.29, 1.82) is 5.26 Å². The zero-order chi connectivity index (χ0) is 30.2. The van der Waals surface area contributed by atoms with E-state index >= 15 is 0 Å². The summed E-state index contributed by atoms with van der Waals surface area (Å²) in [6, 6.07) is 55.9. The molecule has 2 heterocycles. The average molecular weight is 575 g/mol. The van der Waals surface area contributed by atoms with Gasteiger partial charge in [0.05, 0.1) is 39.7 Å². The van der Waals surface area contributed by atoms with Gasteiger partial charge in [0.2, 0.25) is 0 Å². The first-order valence-electron chi connectivity index (χ1n) is 14.9. The Morgan fingerprint density at radius 3 is 1.56 bits per heavy atom. The molecule has 0 saturated carbocycles. The van der Waals surface area contributed by atoms with Gasteiger partial charge in [-0.2, -0.15) is 5.26 Å². The molecular weight excluding hydrogens is 548 g/mol. The number of benzene rings is 6. The minimum atomic E-state index is 0.591. The van der Waals surface area contributed by atoms with Crippen LogP contribution in [0.1, 0.15) is 5.56 Å². The molecule has 2 aromatic heterocycles. The number of hydrogen-bond acceptors (Lipinski definition) is 3. The predicted molar refractivity (Wildman–Crippen MR) is 183 cm³/mol. The van der Waals surface area contributed by atoms with Gasteiger partial charge >= 0.3 is 0 Å². The van der Waals surface area contributed by atoms with E-state index in [1.54, 1.807) is 0 Å². The number of para-hydroxylation sites is 2. The van der Waals surface area contributed by atoms with Crippen LogP contribution in [0.25, 0.3) is 72.5 Å². The monoisotopic (exact) mass is 574 g/mol. The number of nitrogens with zero attached hydrogens (tertiary/aromatic N) is 4. The van der Waals surface area contributed by atoms with Gasteiger partial charge < -0.3 is 4.57 Å². The molecule has 8 rings (SSSR count). The topological polar surface area (TPSA) is 54.5 Å². The third-order valence-corrected chi connectivity index (χ3v) is 8.27. The number of hydrogen-bond donors (Lipinski definition) is 0. The first-order chi connectivity index (χ1) is 22.3. The Morgan fingerprint density at radius 1 is 0.467 bits per heavy atom. The van der Waals surface area contributed by atoms with Crippen molar-refractivity contribution in [3.63, 3.8) is 0 Å². The molecule has 210 valence electrons. The molecule has 0 bridgehead atoms. The van der Waals surface area contributed by atoms with Gasteiger partial charge in [-0.15, -0.1) is 0 Å². The summed E-state index contributed by atoms with van der Waals surface area (Å²) >= 11 is 0. The summed E-state index contributed by atoms with van der Waals surface area (Å²) in [6.45, 7) is 0. The van der Waals surface area contributed by atoms with E-state index in [1.165, 1.54) is 10.8 Å². The average Bonchev–Trinajstić information content (AvgIpc) is 3.46. The van der Waals surface area contributed by atoms with E-state index in [0.29, 0.717) is 11.4 Å². The standard InChI is InChI=1S/C41H26N4/c42-27-28-23-24-40(45-38-21-11-9-18-32(38)33-19-10-12-22-39(33)45)35(25-28)31-17-7-8-20-34(31)41-43-36(29-13-3-1-4-14-29)26-37(44-41)30-15-5-2-6-16-30/h1-26H. The normalized spacial score (nSPS) is 11.1. The van der Waals surface area contributed by atoms with Crippen LogP contribution in [0.3, 0.4) is 0 Å². The summed E-state index contributed by atoms with van der Waals surface area (Å²) in [7, 11) is 0. The second-order valence-electron chi connectivity index (χ2n) is 11.0. The lowest BCUT2D eigenvalue weighted by Gasteiger charge is -2.17. The lowest BCUT2D eigenvalue weighted by atomic mass is 9.95. The highest BCUT2D eigenvalue weighted by Crippen LogP contribution is 2.40. The molecule has 45 heavy (non-hydrogen) atoms. The fraction of sp³-hybridized carbons (Fsp3) is 0. The van der Waals surface area contributed by atoms with Crippen molar-refractivity contribution in [3.8, 4) is 56.8 Å². The van der Waals surface area contributed by atoms with E-state index in [-0.39, 0.29) is 0 Å². The molecule has 0 aliphatic heterocycles. The Balaban J connectivity index is 1.41. The number of aromatic nitrogens is 3.